The van der Waals surface area contributed by atoms with Gasteiger partial charge in [-0.15, -0.1) is 0 Å². The molecule has 2 atom stereocenters. The summed E-state index contributed by atoms with van der Waals surface area (Å²) < 4.78 is 0. The van der Waals surface area contributed by atoms with E-state index in [1.165, 1.54) is 4.90 Å². The molecule has 1 heterocycles. The van der Waals surface area contributed by atoms with Crippen LogP contribution in [0.15, 0.2) is 0 Å². The van der Waals surface area contributed by atoms with E-state index in [2.05, 4.69) is 5.32 Å². The van der Waals surface area contributed by atoms with Gasteiger partial charge in [0.2, 0.25) is 11.8 Å². The Morgan fingerprint density at radius 2 is 1.85 bits per heavy atom. The molecule has 1 saturated heterocycles. The number of rotatable bonds is 3. The van der Waals surface area contributed by atoms with Crippen molar-refractivity contribution >= 4 is 17.8 Å². The Bertz CT molecular complexity index is 427. The summed E-state index contributed by atoms with van der Waals surface area (Å²) in [6, 6.07) is -0.724. The molecule has 6 nitrogen and oxygen atoms in total. The minimum Gasteiger partial charge on any atom is -0.480 e. The number of carbonyl (C=O) groups is 3. The fourth-order valence-electron chi connectivity index (χ4n) is 2.25. The van der Waals surface area contributed by atoms with Gasteiger partial charge in [-0.05, 0) is 26.7 Å². The molecule has 0 radical (unpaired) electrons. The standard InChI is InChI=1S/C14H24N2O4/c1-9(15-11(18)13(2,3)4)10(17)16-8-6-7-14(16,5)12(19)20/h9H,6-8H2,1-5H3,(H,15,18)(H,19,20). The highest BCUT2D eigenvalue weighted by Crippen LogP contribution is 2.29. The van der Waals surface area contributed by atoms with Crippen molar-refractivity contribution in [3.63, 3.8) is 0 Å². The van der Waals surface area contributed by atoms with Gasteiger partial charge in [0.25, 0.3) is 0 Å². The third kappa shape index (κ3) is 3.11. The van der Waals surface area contributed by atoms with Crippen molar-refractivity contribution in [1.29, 1.82) is 0 Å². The van der Waals surface area contributed by atoms with Gasteiger partial charge in [0.15, 0.2) is 0 Å². The maximum Gasteiger partial charge on any atom is 0.329 e. The van der Waals surface area contributed by atoms with Gasteiger partial charge >= 0.3 is 5.97 Å². The van der Waals surface area contributed by atoms with Crippen LogP contribution in [0.25, 0.3) is 0 Å². The first-order chi connectivity index (χ1) is 9.00. The number of likely N-dealkylation sites (tertiary alicyclic amines) is 1. The average molecular weight is 284 g/mol. The number of nitrogens with zero attached hydrogens (tertiary/aromatic N) is 1. The first kappa shape index (κ1) is 16.5. The van der Waals surface area contributed by atoms with Crippen molar-refractivity contribution in [2.24, 2.45) is 5.41 Å². The Hall–Kier alpha value is -1.59. The zero-order valence-corrected chi connectivity index (χ0v) is 12.8. The van der Waals surface area contributed by atoms with Crippen LogP contribution in [0.3, 0.4) is 0 Å². The normalized spacial score (nSPS) is 24.4. The number of aliphatic carboxylic acids is 1. The van der Waals surface area contributed by atoms with Crippen molar-refractivity contribution < 1.29 is 19.5 Å². The van der Waals surface area contributed by atoms with E-state index in [0.29, 0.717) is 19.4 Å². The lowest BCUT2D eigenvalue weighted by molar-refractivity contribution is -0.156. The molecule has 2 unspecified atom stereocenters. The van der Waals surface area contributed by atoms with Crippen LogP contribution in [-0.2, 0) is 14.4 Å². The van der Waals surface area contributed by atoms with Crippen LogP contribution in [0, 0.1) is 5.41 Å². The Morgan fingerprint density at radius 3 is 2.30 bits per heavy atom. The van der Waals surface area contributed by atoms with Gasteiger partial charge in [-0.2, -0.15) is 0 Å². The highest BCUT2D eigenvalue weighted by atomic mass is 16.4. The molecule has 2 amide bonds. The van der Waals surface area contributed by atoms with Crippen molar-refractivity contribution in [2.45, 2.75) is 59.0 Å². The van der Waals surface area contributed by atoms with E-state index in [0.717, 1.165) is 0 Å². The molecule has 0 aromatic heterocycles. The molecule has 1 fully saturated rings. The number of nitrogens with one attached hydrogen (secondary N) is 1. The fourth-order valence-corrected chi connectivity index (χ4v) is 2.25. The third-order valence-electron chi connectivity index (χ3n) is 3.77. The lowest BCUT2D eigenvalue weighted by Crippen LogP contribution is -2.57. The largest absolute Gasteiger partial charge is 0.480 e. The summed E-state index contributed by atoms with van der Waals surface area (Å²) in [6.07, 6.45) is 1.10. The fraction of sp³-hybridized carbons (Fsp3) is 0.786. The van der Waals surface area contributed by atoms with Gasteiger partial charge in [0.05, 0.1) is 0 Å². The van der Waals surface area contributed by atoms with Crippen LogP contribution in [0.2, 0.25) is 0 Å². The van der Waals surface area contributed by atoms with E-state index in [1.54, 1.807) is 34.6 Å². The van der Waals surface area contributed by atoms with Gasteiger partial charge in [-0.3, -0.25) is 9.59 Å². The smallest absolute Gasteiger partial charge is 0.329 e. The molecule has 114 valence electrons. The summed E-state index contributed by atoms with van der Waals surface area (Å²) >= 11 is 0. The molecule has 20 heavy (non-hydrogen) atoms. The van der Waals surface area contributed by atoms with Gasteiger partial charge in [0, 0.05) is 12.0 Å². The van der Waals surface area contributed by atoms with Crippen molar-refractivity contribution in [2.75, 3.05) is 6.54 Å². The molecule has 0 aromatic carbocycles. The summed E-state index contributed by atoms with van der Waals surface area (Å²) in [7, 11) is 0. The topological polar surface area (TPSA) is 86.7 Å². The minimum atomic E-state index is -1.17. The molecule has 6 heteroatoms. The summed E-state index contributed by atoms with van der Waals surface area (Å²) in [5.74, 6) is -1.57. The second-order valence-electron chi connectivity index (χ2n) is 6.62. The zero-order chi connectivity index (χ0) is 15.7. The minimum absolute atomic E-state index is 0.227. The summed E-state index contributed by atoms with van der Waals surface area (Å²) in [5.41, 5.74) is -1.76. The number of amides is 2. The Morgan fingerprint density at radius 1 is 1.30 bits per heavy atom. The lowest BCUT2D eigenvalue weighted by atomic mass is 9.95. The molecule has 1 rings (SSSR count). The number of carbonyl (C=O) groups excluding carboxylic acids is 2. The average Bonchev–Trinajstić information content (AvgIpc) is 2.70. The van der Waals surface area contributed by atoms with E-state index < -0.39 is 23.0 Å². The SMILES string of the molecule is CC(NC(=O)C(C)(C)C)C(=O)N1CCCC1(C)C(=O)O. The zero-order valence-electron chi connectivity index (χ0n) is 12.8. The van der Waals surface area contributed by atoms with E-state index >= 15 is 0 Å². The third-order valence-corrected chi connectivity index (χ3v) is 3.77. The van der Waals surface area contributed by atoms with E-state index in [1.807, 2.05) is 0 Å². The quantitative estimate of drug-likeness (QED) is 0.809. The predicted octanol–water partition coefficient (Wildman–Crippen LogP) is 1.00. The first-order valence-corrected chi connectivity index (χ1v) is 6.86. The number of hydrogen-bond donors (Lipinski definition) is 2. The molecule has 2 N–H and O–H groups in total. The first-order valence-electron chi connectivity index (χ1n) is 6.86. The van der Waals surface area contributed by atoms with E-state index in [4.69, 9.17) is 0 Å². The molecular weight excluding hydrogens is 260 g/mol. The predicted molar refractivity (Wildman–Crippen MR) is 74.0 cm³/mol. The highest BCUT2D eigenvalue weighted by molar-refractivity contribution is 5.93. The second kappa shape index (κ2) is 5.42. The highest BCUT2D eigenvalue weighted by Gasteiger charge is 2.47. The molecule has 0 aromatic rings. The molecule has 1 aliphatic heterocycles. The van der Waals surface area contributed by atoms with Gasteiger partial charge in [-0.25, -0.2) is 4.79 Å². The monoisotopic (exact) mass is 284 g/mol. The Balaban J connectivity index is 2.80. The summed E-state index contributed by atoms with van der Waals surface area (Å²) in [4.78, 5) is 37.0. The number of carboxylic acid groups (broad SMARTS) is 1. The molecule has 0 bridgehead atoms. The van der Waals surface area contributed by atoms with Gasteiger partial charge < -0.3 is 15.3 Å². The van der Waals surface area contributed by atoms with Gasteiger partial charge in [0.1, 0.15) is 11.6 Å². The van der Waals surface area contributed by atoms with Crippen LogP contribution in [0.1, 0.15) is 47.5 Å². The van der Waals surface area contributed by atoms with E-state index in [-0.39, 0.29) is 11.8 Å². The number of carboxylic acids is 1. The van der Waals surface area contributed by atoms with Crippen molar-refractivity contribution in [3.05, 3.63) is 0 Å². The maximum atomic E-state index is 12.4. The lowest BCUT2D eigenvalue weighted by Gasteiger charge is -2.33. The van der Waals surface area contributed by atoms with Crippen LogP contribution in [-0.4, -0.2) is 45.9 Å². The van der Waals surface area contributed by atoms with Crippen molar-refractivity contribution in [3.8, 4) is 0 Å². The maximum absolute atomic E-state index is 12.4. The molecule has 0 spiro atoms. The molecule has 1 aliphatic rings. The molecular formula is C14H24N2O4. The molecule has 0 aliphatic carbocycles. The Kier molecular flexibility index (Phi) is 4.46. The molecule has 0 saturated carbocycles. The second-order valence-corrected chi connectivity index (χ2v) is 6.62. The number of hydrogen-bond acceptors (Lipinski definition) is 3. The Labute approximate surface area is 119 Å². The van der Waals surface area contributed by atoms with Crippen LogP contribution in [0.5, 0.6) is 0 Å². The summed E-state index contributed by atoms with van der Waals surface area (Å²) in [5, 5.41) is 12.0. The van der Waals surface area contributed by atoms with Crippen LogP contribution in [0.4, 0.5) is 0 Å². The van der Waals surface area contributed by atoms with E-state index in [9.17, 15) is 19.5 Å². The van der Waals surface area contributed by atoms with Crippen LogP contribution >= 0.6 is 0 Å². The van der Waals surface area contributed by atoms with Crippen molar-refractivity contribution in [1.82, 2.24) is 10.2 Å². The summed E-state index contributed by atoms with van der Waals surface area (Å²) in [6.45, 7) is 8.84. The van der Waals surface area contributed by atoms with Gasteiger partial charge in [-0.1, -0.05) is 20.8 Å². The van der Waals surface area contributed by atoms with Crippen LogP contribution < -0.4 is 5.32 Å².